The van der Waals surface area contributed by atoms with Crippen molar-refractivity contribution in [3.63, 3.8) is 0 Å². The summed E-state index contributed by atoms with van der Waals surface area (Å²) in [5.74, 6) is 0. The zero-order valence-electron chi connectivity index (χ0n) is 13.6. The van der Waals surface area contributed by atoms with E-state index in [0.29, 0.717) is 6.54 Å². The van der Waals surface area contributed by atoms with Gasteiger partial charge in [0.05, 0.1) is 6.54 Å². The molecule has 0 unspecified atom stereocenters. The fourth-order valence-corrected chi connectivity index (χ4v) is 2.76. The lowest BCUT2D eigenvalue weighted by molar-refractivity contribution is 0.685. The summed E-state index contributed by atoms with van der Waals surface area (Å²) in [6.45, 7) is 10.8. The van der Waals surface area contributed by atoms with Crippen LogP contribution in [-0.4, -0.2) is 6.54 Å². The lowest BCUT2D eigenvalue weighted by atomic mass is 9.88. The Morgan fingerprint density at radius 1 is 1.14 bits per heavy atom. The highest BCUT2D eigenvalue weighted by Crippen LogP contribution is 2.27. The van der Waals surface area contributed by atoms with Gasteiger partial charge in [-0.25, -0.2) is 0 Å². The number of azo groups is 1. The molecule has 0 bridgehead atoms. The van der Waals surface area contributed by atoms with Gasteiger partial charge < -0.3 is 0 Å². The first-order valence-electron chi connectivity index (χ1n) is 8.15. The average Bonchev–Trinajstić information content (AvgIpc) is 2.56. The molecule has 1 aliphatic carbocycles. The van der Waals surface area contributed by atoms with Gasteiger partial charge in [0.15, 0.2) is 0 Å². The van der Waals surface area contributed by atoms with Crippen molar-refractivity contribution in [2.45, 2.75) is 45.4 Å². The molecule has 0 amide bonds. The predicted octanol–water partition coefficient (Wildman–Crippen LogP) is 5.90. The molecule has 0 saturated heterocycles. The molecule has 2 rings (SSSR count). The Hall–Kier alpha value is -1.96. The minimum Gasteiger partial charge on any atom is -0.185 e. The topological polar surface area (TPSA) is 24.7 Å². The summed E-state index contributed by atoms with van der Waals surface area (Å²) in [4.78, 5) is 0. The highest BCUT2D eigenvalue weighted by molar-refractivity contribution is 5.64. The van der Waals surface area contributed by atoms with Gasteiger partial charge in [-0.2, -0.15) is 10.2 Å². The zero-order chi connectivity index (χ0) is 15.8. The van der Waals surface area contributed by atoms with E-state index in [1.54, 1.807) is 6.20 Å². The van der Waals surface area contributed by atoms with Crippen LogP contribution >= 0.6 is 0 Å². The van der Waals surface area contributed by atoms with Gasteiger partial charge in [0.25, 0.3) is 0 Å². The van der Waals surface area contributed by atoms with Gasteiger partial charge in [0.1, 0.15) is 0 Å². The first-order chi connectivity index (χ1) is 10.7. The van der Waals surface area contributed by atoms with Gasteiger partial charge in [0.2, 0.25) is 0 Å². The molecule has 0 heterocycles. The number of hydrogen-bond acceptors (Lipinski definition) is 2. The second kappa shape index (κ2) is 8.47. The van der Waals surface area contributed by atoms with Crippen molar-refractivity contribution < 1.29 is 0 Å². The molecule has 2 heteroatoms. The third-order valence-electron chi connectivity index (χ3n) is 4.13. The van der Waals surface area contributed by atoms with E-state index < -0.39 is 0 Å². The lowest BCUT2D eigenvalue weighted by Crippen LogP contribution is -2.03. The number of fused-ring (bicyclic) bond motifs is 1. The van der Waals surface area contributed by atoms with E-state index in [-0.39, 0.29) is 0 Å². The second-order valence-electron chi connectivity index (χ2n) is 5.94. The van der Waals surface area contributed by atoms with Crippen LogP contribution in [0.3, 0.4) is 0 Å². The minimum absolute atomic E-state index is 0.599. The van der Waals surface area contributed by atoms with Gasteiger partial charge in [-0.05, 0) is 67.7 Å². The van der Waals surface area contributed by atoms with Crippen LogP contribution < -0.4 is 0 Å². The number of benzene rings is 1. The third-order valence-corrected chi connectivity index (χ3v) is 4.13. The van der Waals surface area contributed by atoms with Gasteiger partial charge in [-0.3, -0.25) is 0 Å². The highest BCUT2D eigenvalue weighted by Gasteiger charge is 2.10. The van der Waals surface area contributed by atoms with E-state index in [2.05, 4.69) is 41.6 Å². The number of allylic oxidation sites excluding steroid dienone is 2. The standard InChI is InChI=1S/C20H26N2/c1-4-13-21-22-15-16(2)9-10-17(3)19-12-11-18-7-5-6-8-20(18)14-19/h4,11-14H,2-3,5-10,15H2,1H3/b13-4-,22-21?. The molecule has 2 nitrogen and oxygen atoms in total. The Labute approximate surface area is 134 Å². The molecule has 0 fully saturated rings. The molecule has 1 aliphatic rings. The van der Waals surface area contributed by atoms with Gasteiger partial charge in [-0.15, -0.1) is 0 Å². The number of nitrogens with zero attached hydrogens (tertiary/aromatic N) is 2. The Kier molecular flexibility index (Phi) is 6.32. The summed E-state index contributed by atoms with van der Waals surface area (Å²) >= 11 is 0. The fraction of sp³-hybridized carbons (Fsp3) is 0.400. The van der Waals surface area contributed by atoms with Gasteiger partial charge >= 0.3 is 0 Å². The number of hydrogen-bond donors (Lipinski definition) is 0. The first-order valence-corrected chi connectivity index (χ1v) is 8.15. The van der Waals surface area contributed by atoms with Crippen LogP contribution in [0.2, 0.25) is 0 Å². The molecule has 0 spiro atoms. The van der Waals surface area contributed by atoms with Crippen molar-refractivity contribution in [3.8, 4) is 0 Å². The molecule has 0 N–H and O–H groups in total. The van der Waals surface area contributed by atoms with E-state index in [4.69, 9.17) is 0 Å². The van der Waals surface area contributed by atoms with E-state index in [1.807, 2.05) is 13.0 Å². The first kappa shape index (κ1) is 16.4. The molecular weight excluding hydrogens is 268 g/mol. The van der Waals surface area contributed by atoms with Crippen LogP contribution in [0, 0.1) is 0 Å². The molecule has 1 aromatic carbocycles. The summed E-state index contributed by atoms with van der Waals surface area (Å²) in [5.41, 5.74) is 6.62. The van der Waals surface area contributed by atoms with E-state index in [0.717, 1.165) is 18.4 Å². The Morgan fingerprint density at radius 3 is 2.68 bits per heavy atom. The van der Waals surface area contributed by atoms with Crippen LogP contribution in [0.4, 0.5) is 0 Å². The number of rotatable bonds is 7. The maximum atomic E-state index is 4.25. The monoisotopic (exact) mass is 294 g/mol. The largest absolute Gasteiger partial charge is 0.185 e. The SMILES string of the molecule is C=C(CCC(=C)c1ccc2c(c1)CCCC2)CN=N/C=C\C. The van der Waals surface area contributed by atoms with Crippen molar-refractivity contribution in [2.75, 3.05) is 6.54 Å². The highest BCUT2D eigenvalue weighted by atomic mass is 15.1. The van der Waals surface area contributed by atoms with E-state index >= 15 is 0 Å². The maximum absolute atomic E-state index is 4.25. The van der Waals surface area contributed by atoms with Crippen molar-refractivity contribution in [3.05, 3.63) is 65.9 Å². The van der Waals surface area contributed by atoms with Crippen molar-refractivity contribution in [2.24, 2.45) is 10.2 Å². The maximum Gasteiger partial charge on any atom is 0.0811 e. The Bertz CT molecular complexity index is 594. The summed E-state index contributed by atoms with van der Waals surface area (Å²) in [5, 5.41) is 8.00. The molecule has 0 aromatic heterocycles. The molecule has 0 radical (unpaired) electrons. The molecule has 1 aromatic rings. The zero-order valence-corrected chi connectivity index (χ0v) is 13.6. The Morgan fingerprint density at radius 2 is 1.91 bits per heavy atom. The van der Waals surface area contributed by atoms with Crippen LogP contribution in [0.5, 0.6) is 0 Å². The summed E-state index contributed by atoms with van der Waals surface area (Å²) in [7, 11) is 0. The predicted molar refractivity (Wildman–Crippen MR) is 95.0 cm³/mol. The summed E-state index contributed by atoms with van der Waals surface area (Å²) in [6.07, 6.45) is 10.5. The molecule has 22 heavy (non-hydrogen) atoms. The quantitative estimate of drug-likeness (QED) is 0.442. The van der Waals surface area contributed by atoms with Crippen molar-refractivity contribution >= 4 is 5.57 Å². The van der Waals surface area contributed by atoms with E-state index in [9.17, 15) is 0 Å². The van der Waals surface area contributed by atoms with Crippen LogP contribution in [0.1, 0.15) is 49.3 Å². The van der Waals surface area contributed by atoms with Crippen LogP contribution in [-0.2, 0) is 12.8 Å². The van der Waals surface area contributed by atoms with Crippen molar-refractivity contribution in [1.29, 1.82) is 0 Å². The Balaban J connectivity index is 1.86. The van der Waals surface area contributed by atoms with Crippen molar-refractivity contribution in [1.82, 2.24) is 0 Å². The molecule has 116 valence electrons. The number of aryl methyl sites for hydroxylation is 2. The molecule has 0 aliphatic heterocycles. The van der Waals surface area contributed by atoms with Crippen LogP contribution in [0.25, 0.3) is 5.57 Å². The normalized spacial score (nSPS) is 14.4. The van der Waals surface area contributed by atoms with Crippen LogP contribution in [0.15, 0.2) is 59.4 Å². The summed E-state index contributed by atoms with van der Waals surface area (Å²) < 4.78 is 0. The van der Waals surface area contributed by atoms with Gasteiger partial charge in [-0.1, -0.05) is 43.0 Å². The lowest BCUT2D eigenvalue weighted by Gasteiger charge is -2.17. The third kappa shape index (κ3) is 4.80. The second-order valence-corrected chi connectivity index (χ2v) is 5.94. The average molecular weight is 294 g/mol. The molecule has 0 atom stereocenters. The fourth-order valence-electron chi connectivity index (χ4n) is 2.76. The smallest absolute Gasteiger partial charge is 0.0811 e. The van der Waals surface area contributed by atoms with E-state index in [1.165, 1.54) is 47.9 Å². The summed E-state index contributed by atoms with van der Waals surface area (Å²) in [6, 6.07) is 6.85. The minimum atomic E-state index is 0.599. The molecule has 0 saturated carbocycles. The van der Waals surface area contributed by atoms with Gasteiger partial charge in [0, 0.05) is 6.20 Å². The molecular formula is C20H26N2.